The van der Waals surface area contributed by atoms with E-state index in [9.17, 15) is 22.9 Å². The molecule has 0 amide bonds. The lowest BCUT2D eigenvalue weighted by Crippen LogP contribution is -2.32. The second-order valence-electron chi connectivity index (χ2n) is 6.57. The number of nitrogens with two attached hydrogens (primary N) is 1. The van der Waals surface area contributed by atoms with Gasteiger partial charge in [0, 0.05) is 12.7 Å². The molecule has 10 nitrogen and oxygen atoms in total. The number of halogens is 3. The molecule has 0 spiro atoms. The second-order valence-corrected chi connectivity index (χ2v) is 6.57. The van der Waals surface area contributed by atoms with Crippen LogP contribution < -0.4 is 15.4 Å². The number of nitrogens with zero attached hydrogens (tertiary/aromatic N) is 5. The molecule has 2 aromatic heterocycles. The Morgan fingerprint density at radius 1 is 1.25 bits per heavy atom. The molecule has 0 aliphatic carbocycles. The van der Waals surface area contributed by atoms with E-state index < -0.39 is 17.8 Å². The summed E-state index contributed by atoms with van der Waals surface area (Å²) >= 11 is 0. The molecule has 174 valence electrons. The average molecular weight is 456 g/mol. The fraction of sp³-hybridized carbons (Fsp3) is 0.474. The number of carbonyl (C=O) groups excluding carboxylic acids is 1. The summed E-state index contributed by atoms with van der Waals surface area (Å²) in [4.78, 5) is 36.3. The Kier molecular flexibility index (Phi) is 8.67. The molecule has 2 rings (SSSR count). The van der Waals surface area contributed by atoms with Crippen molar-refractivity contribution in [1.82, 2.24) is 15.0 Å². The van der Waals surface area contributed by atoms with Crippen molar-refractivity contribution in [2.45, 2.75) is 39.4 Å². The van der Waals surface area contributed by atoms with Crippen molar-refractivity contribution >= 4 is 23.3 Å². The summed E-state index contributed by atoms with van der Waals surface area (Å²) in [6.45, 7) is 3.44. The van der Waals surface area contributed by atoms with Gasteiger partial charge in [0.15, 0.2) is 17.3 Å². The lowest BCUT2D eigenvalue weighted by Gasteiger charge is -2.24. The normalized spacial score (nSPS) is 11.2. The molecule has 0 bridgehead atoms. The van der Waals surface area contributed by atoms with E-state index in [2.05, 4.69) is 20.1 Å². The minimum absolute atomic E-state index is 0.102. The molecule has 2 N–H and O–H groups in total. The lowest BCUT2D eigenvalue weighted by molar-refractivity contribution is -0.142. The number of ether oxygens (including phenoxy) is 2. The van der Waals surface area contributed by atoms with Crippen molar-refractivity contribution in [3.63, 3.8) is 0 Å². The zero-order valence-corrected chi connectivity index (χ0v) is 17.6. The van der Waals surface area contributed by atoms with Gasteiger partial charge in [0.05, 0.1) is 13.2 Å². The van der Waals surface area contributed by atoms with Crippen LogP contribution in [0.5, 0.6) is 6.01 Å². The molecule has 2 aromatic rings. The average Bonchev–Trinajstić information content (AvgIpc) is 2.73. The highest BCUT2D eigenvalue weighted by molar-refractivity contribution is 5.80. The summed E-state index contributed by atoms with van der Waals surface area (Å²) < 4.78 is 48.8. The number of nitrogen functional groups attached to an aromatic ring is 1. The predicted molar refractivity (Wildman–Crippen MR) is 109 cm³/mol. The zero-order chi connectivity index (χ0) is 23.7. The van der Waals surface area contributed by atoms with Gasteiger partial charge in [0.25, 0.3) is 0 Å². The van der Waals surface area contributed by atoms with Crippen molar-refractivity contribution in [1.29, 1.82) is 0 Å². The van der Waals surface area contributed by atoms with E-state index in [1.807, 2.05) is 6.92 Å². The van der Waals surface area contributed by atoms with Crippen molar-refractivity contribution in [2.75, 3.05) is 30.4 Å². The third-order valence-corrected chi connectivity index (χ3v) is 4.11. The van der Waals surface area contributed by atoms with Crippen LogP contribution in [0.15, 0.2) is 23.5 Å². The monoisotopic (exact) mass is 456 g/mol. The Bertz CT molecular complexity index is 925. The largest absolute Gasteiger partial charge is 0.465 e. The summed E-state index contributed by atoms with van der Waals surface area (Å²) in [5, 5.41) is 2.86. The third kappa shape index (κ3) is 6.75. The Hall–Kier alpha value is -3.51. The fourth-order valence-electron chi connectivity index (χ4n) is 2.59. The summed E-state index contributed by atoms with van der Waals surface area (Å²) in [7, 11) is 0. The van der Waals surface area contributed by atoms with Crippen LogP contribution in [0.4, 0.5) is 30.5 Å². The molecule has 0 unspecified atom stereocenters. The number of pyridine rings is 1. The molecule has 13 heteroatoms. The van der Waals surface area contributed by atoms with Gasteiger partial charge in [-0.3, -0.25) is 9.78 Å². The summed E-state index contributed by atoms with van der Waals surface area (Å²) in [6, 6.07) is 1.88. The number of hydrogen-bond acceptors (Lipinski definition) is 10. The van der Waals surface area contributed by atoms with Crippen LogP contribution in [-0.2, 0) is 22.3 Å². The van der Waals surface area contributed by atoms with Gasteiger partial charge in [-0.15, -0.1) is 4.91 Å². The molecular formula is C19H23F3N6O4. The van der Waals surface area contributed by atoms with Gasteiger partial charge >= 0.3 is 18.2 Å². The molecule has 0 atom stereocenters. The fourth-order valence-corrected chi connectivity index (χ4v) is 2.59. The summed E-state index contributed by atoms with van der Waals surface area (Å²) in [6.07, 6.45) is -2.01. The molecule has 0 aromatic carbocycles. The molecular weight excluding hydrogens is 433 g/mol. The molecule has 0 saturated heterocycles. The van der Waals surface area contributed by atoms with Crippen molar-refractivity contribution in [3.05, 3.63) is 34.5 Å². The van der Waals surface area contributed by atoms with E-state index in [1.54, 1.807) is 6.92 Å². The van der Waals surface area contributed by atoms with Gasteiger partial charge < -0.3 is 20.1 Å². The van der Waals surface area contributed by atoms with E-state index in [0.29, 0.717) is 12.2 Å². The molecule has 0 saturated carbocycles. The molecule has 0 radical (unpaired) electrons. The van der Waals surface area contributed by atoms with Gasteiger partial charge in [-0.05, 0) is 30.2 Å². The van der Waals surface area contributed by atoms with Crippen LogP contribution in [-0.4, -0.2) is 40.7 Å². The minimum Gasteiger partial charge on any atom is -0.465 e. The first-order chi connectivity index (χ1) is 15.2. The van der Waals surface area contributed by atoms with Crippen molar-refractivity contribution < 1.29 is 27.4 Å². The second kappa shape index (κ2) is 11.2. The van der Waals surface area contributed by atoms with E-state index in [1.165, 1.54) is 11.0 Å². The Labute approximate surface area is 181 Å². The van der Waals surface area contributed by atoms with E-state index in [4.69, 9.17) is 15.2 Å². The highest BCUT2D eigenvalue weighted by Gasteiger charge is 2.32. The van der Waals surface area contributed by atoms with Gasteiger partial charge in [-0.2, -0.15) is 23.1 Å². The first-order valence-electron chi connectivity index (χ1n) is 9.75. The number of alkyl halides is 3. The number of anilines is 2. The van der Waals surface area contributed by atoms with Gasteiger partial charge in [-0.1, -0.05) is 19.4 Å². The third-order valence-electron chi connectivity index (χ3n) is 4.11. The van der Waals surface area contributed by atoms with E-state index in [0.717, 1.165) is 25.1 Å². The SMILES string of the molecule is CCCCOc1nc(N)c(N=O)c(N(CC(=O)OCC)Cc2ccc(C(F)(F)F)nc2)n1. The number of aromatic nitrogens is 3. The van der Waals surface area contributed by atoms with Crippen molar-refractivity contribution in [3.8, 4) is 6.01 Å². The molecule has 2 heterocycles. The number of nitroso groups, excluding NO2 is 1. The highest BCUT2D eigenvalue weighted by atomic mass is 19.4. The quantitative estimate of drug-likeness (QED) is 0.306. The van der Waals surface area contributed by atoms with Crippen LogP contribution in [0.25, 0.3) is 0 Å². The highest BCUT2D eigenvalue weighted by Crippen LogP contribution is 2.34. The first kappa shape index (κ1) is 24.8. The van der Waals surface area contributed by atoms with E-state index >= 15 is 0 Å². The van der Waals surface area contributed by atoms with Gasteiger partial charge in [0.2, 0.25) is 0 Å². The first-order valence-corrected chi connectivity index (χ1v) is 9.75. The predicted octanol–water partition coefficient (Wildman–Crippen LogP) is 3.62. The van der Waals surface area contributed by atoms with E-state index in [-0.39, 0.29) is 43.0 Å². The summed E-state index contributed by atoms with van der Waals surface area (Å²) in [5.41, 5.74) is 4.73. The maximum atomic E-state index is 12.8. The minimum atomic E-state index is -4.59. The maximum Gasteiger partial charge on any atom is 0.433 e. The van der Waals surface area contributed by atoms with Crippen LogP contribution >= 0.6 is 0 Å². The topological polar surface area (TPSA) is 133 Å². The Balaban J connectivity index is 2.42. The zero-order valence-electron chi connectivity index (χ0n) is 17.6. The van der Waals surface area contributed by atoms with Crippen LogP contribution in [0.1, 0.15) is 37.9 Å². The van der Waals surface area contributed by atoms with Crippen LogP contribution in [0.3, 0.4) is 0 Å². The number of esters is 1. The Morgan fingerprint density at radius 3 is 2.56 bits per heavy atom. The van der Waals surface area contributed by atoms with Crippen LogP contribution in [0, 0.1) is 4.91 Å². The number of unbranched alkanes of at least 4 members (excludes halogenated alkanes) is 1. The van der Waals surface area contributed by atoms with Crippen molar-refractivity contribution in [2.24, 2.45) is 5.18 Å². The number of rotatable bonds is 11. The molecule has 0 aliphatic rings. The lowest BCUT2D eigenvalue weighted by atomic mass is 10.2. The van der Waals surface area contributed by atoms with Gasteiger partial charge in [-0.25, -0.2) is 0 Å². The molecule has 0 fully saturated rings. The number of carbonyl (C=O) groups is 1. The molecule has 32 heavy (non-hydrogen) atoms. The smallest absolute Gasteiger partial charge is 0.433 e. The van der Waals surface area contributed by atoms with Crippen LogP contribution in [0.2, 0.25) is 0 Å². The maximum absolute atomic E-state index is 12.8. The number of hydrogen-bond donors (Lipinski definition) is 1. The molecule has 0 aliphatic heterocycles. The Morgan fingerprint density at radius 2 is 2.00 bits per heavy atom. The van der Waals surface area contributed by atoms with Gasteiger partial charge in [0.1, 0.15) is 12.2 Å². The standard InChI is InChI=1S/C19H23F3N6O4/c1-3-5-8-32-18-25-16(23)15(27-30)17(26-18)28(11-14(29)31-4-2)10-12-6-7-13(24-9-12)19(20,21)22/h6-7,9H,3-5,8,10-11H2,1-2H3,(H2,23,25,26). The summed E-state index contributed by atoms with van der Waals surface area (Å²) in [5.74, 6) is -1.04.